The zero-order valence-corrected chi connectivity index (χ0v) is 16.9. The van der Waals surface area contributed by atoms with Crippen LogP contribution in [0.5, 0.6) is 0 Å². The van der Waals surface area contributed by atoms with Crippen molar-refractivity contribution in [2.75, 3.05) is 5.32 Å². The number of aromatic nitrogens is 5. The van der Waals surface area contributed by atoms with Crippen LogP contribution in [0.3, 0.4) is 0 Å². The van der Waals surface area contributed by atoms with E-state index in [1.807, 2.05) is 17.7 Å². The summed E-state index contributed by atoms with van der Waals surface area (Å²) in [4.78, 5) is 21.6. The number of imidazole rings is 1. The van der Waals surface area contributed by atoms with Crippen LogP contribution in [-0.4, -0.2) is 30.6 Å². The Morgan fingerprint density at radius 1 is 1.30 bits per heavy atom. The molecule has 0 spiro atoms. The number of anilines is 1. The summed E-state index contributed by atoms with van der Waals surface area (Å²) >= 11 is 1.35. The highest BCUT2D eigenvalue weighted by atomic mass is 32.1. The van der Waals surface area contributed by atoms with Gasteiger partial charge < -0.3 is 9.88 Å². The van der Waals surface area contributed by atoms with Gasteiger partial charge in [0, 0.05) is 12.1 Å². The van der Waals surface area contributed by atoms with Gasteiger partial charge in [0.1, 0.15) is 22.8 Å². The maximum absolute atomic E-state index is 14.6. The summed E-state index contributed by atoms with van der Waals surface area (Å²) in [6, 6.07) is 8.09. The molecule has 1 aliphatic rings. The number of halogens is 1. The standard InChI is InChI=1S/C21H17FN6OS/c1-12-7-15(22)14(8-18(12)28-9-17(23-10-28)13-5-6-13)20(29)26-19-4-2-3-16(25-19)21-27-24-11-30-21/h2-4,7-11,13H,5-6H2,1H3,(H,25,26,29). The molecule has 30 heavy (non-hydrogen) atoms. The van der Waals surface area contributed by atoms with E-state index in [1.54, 1.807) is 36.1 Å². The minimum absolute atomic E-state index is 0.0552. The number of hydrogen-bond donors (Lipinski definition) is 1. The molecule has 150 valence electrons. The summed E-state index contributed by atoms with van der Waals surface area (Å²) in [5.41, 5.74) is 4.61. The van der Waals surface area contributed by atoms with Crippen molar-refractivity contribution < 1.29 is 9.18 Å². The molecule has 4 aromatic rings. The Balaban J connectivity index is 1.43. The van der Waals surface area contributed by atoms with E-state index >= 15 is 0 Å². The van der Waals surface area contributed by atoms with Gasteiger partial charge in [-0.1, -0.05) is 17.4 Å². The number of pyridine rings is 1. The van der Waals surface area contributed by atoms with E-state index in [0.717, 1.165) is 29.8 Å². The fourth-order valence-electron chi connectivity index (χ4n) is 3.26. The quantitative estimate of drug-likeness (QED) is 0.518. The first-order valence-corrected chi connectivity index (χ1v) is 10.4. The van der Waals surface area contributed by atoms with Gasteiger partial charge in [-0.3, -0.25) is 4.79 Å². The van der Waals surface area contributed by atoms with E-state index in [1.165, 1.54) is 17.4 Å². The fourth-order valence-corrected chi connectivity index (χ4v) is 3.79. The highest BCUT2D eigenvalue weighted by molar-refractivity contribution is 7.12. The summed E-state index contributed by atoms with van der Waals surface area (Å²) in [5.74, 6) is -0.330. The van der Waals surface area contributed by atoms with Crippen LogP contribution in [0.25, 0.3) is 16.4 Å². The average molecular weight is 420 g/mol. The maximum Gasteiger partial charge on any atom is 0.259 e. The molecule has 3 aromatic heterocycles. The van der Waals surface area contributed by atoms with Gasteiger partial charge in [0.15, 0.2) is 5.01 Å². The Morgan fingerprint density at radius 3 is 2.93 bits per heavy atom. The van der Waals surface area contributed by atoms with Crippen molar-refractivity contribution in [2.24, 2.45) is 0 Å². The minimum Gasteiger partial charge on any atom is -0.306 e. The summed E-state index contributed by atoms with van der Waals surface area (Å²) in [5, 5.41) is 11.1. The maximum atomic E-state index is 14.6. The van der Waals surface area contributed by atoms with Crippen molar-refractivity contribution in [1.82, 2.24) is 24.7 Å². The van der Waals surface area contributed by atoms with Crippen LogP contribution in [0, 0.1) is 12.7 Å². The summed E-state index contributed by atoms with van der Waals surface area (Å²) in [7, 11) is 0. The van der Waals surface area contributed by atoms with Crippen LogP contribution in [-0.2, 0) is 0 Å². The molecule has 1 saturated carbocycles. The number of hydrogen-bond acceptors (Lipinski definition) is 6. The lowest BCUT2D eigenvalue weighted by Gasteiger charge is -2.11. The van der Waals surface area contributed by atoms with Crippen molar-refractivity contribution in [3.63, 3.8) is 0 Å². The number of aryl methyl sites for hydroxylation is 1. The van der Waals surface area contributed by atoms with Gasteiger partial charge >= 0.3 is 0 Å². The lowest BCUT2D eigenvalue weighted by molar-refractivity contribution is 0.102. The minimum atomic E-state index is -0.587. The van der Waals surface area contributed by atoms with E-state index in [0.29, 0.717) is 22.4 Å². The molecule has 1 N–H and O–H groups in total. The average Bonchev–Trinajstić information content (AvgIpc) is 3.23. The number of carbonyl (C=O) groups is 1. The number of rotatable bonds is 5. The molecule has 1 fully saturated rings. The third-order valence-electron chi connectivity index (χ3n) is 4.98. The van der Waals surface area contributed by atoms with Crippen LogP contribution < -0.4 is 5.32 Å². The molecule has 0 unspecified atom stereocenters. The van der Waals surface area contributed by atoms with Gasteiger partial charge in [-0.2, -0.15) is 0 Å². The Hall–Kier alpha value is -3.46. The van der Waals surface area contributed by atoms with Crippen LogP contribution in [0.2, 0.25) is 0 Å². The monoisotopic (exact) mass is 420 g/mol. The van der Waals surface area contributed by atoms with Gasteiger partial charge in [-0.15, -0.1) is 10.2 Å². The van der Waals surface area contributed by atoms with Crippen molar-refractivity contribution in [2.45, 2.75) is 25.7 Å². The predicted molar refractivity (Wildman–Crippen MR) is 111 cm³/mol. The lowest BCUT2D eigenvalue weighted by Crippen LogP contribution is -2.16. The van der Waals surface area contributed by atoms with Gasteiger partial charge in [-0.05, 0) is 49.6 Å². The van der Waals surface area contributed by atoms with E-state index in [2.05, 4.69) is 25.5 Å². The zero-order chi connectivity index (χ0) is 20.7. The second kappa shape index (κ2) is 7.42. The van der Waals surface area contributed by atoms with Crippen molar-refractivity contribution in [3.05, 3.63) is 71.0 Å². The molecule has 0 atom stereocenters. The molecular weight excluding hydrogens is 403 g/mol. The molecule has 0 radical (unpaired) electrons. The first-order chi connectivity index (χ1) is 14.6. The Morgan fingerprint density at radius 2 is 2.17 bits per heavy atom. The van der Waals surface area contributed by atoms with Crippen LogP contribution in [0.15, 0.2) is 48.4 Å². The molecule has 0 saturated heterocycles. The van der Waals surface area contributed by atoms with E-state index in [4.69, 9.17) is 0 Å². The van der Waals surface area contributed by atoms with Crippen LogP contribution in [0.1, 0.15) is 40.4 Å². The highest BCUT2D eigenvalue weighted by Crippen LogP contribution is 2.39. The molecule has 0 bridgehead atoms. The Labute approximate surface area is 175 Å². The third-order valence-corrected chi connectivity index (χ3v) is 5.69. The summed E-state index contributed by atoms with van der Waals surface area (Å²) in [6.07, 6.45) is 5.96. The van der Waals surface area contributed by atoms with Crippen LogP contribution >= 0.6 is 11.3 Å². The van der Waals surface area contributed by atoms with Crippen molar-refractivity contribution >= 4 is 23.1 Å². The highest BCUT2D eigenvalue weighted by Gasteiger charge is 2.26. The second-order valence-corrected chi connectivity index (χ2v) is 8.04. The molecule has 0 aliphatic heterocycles. The Bertz CT molecular complexity index is 1230. The molecule has 9 heteroatoms. The molecule has 7 nitrogen and oxygen atoms in total. The summed E-state index contributed by atoms with van der Waals surface area (Å²) < 4.78 is 16.5. The van der Waals surface area contributed by atoms with Crippen molar-refractivity contribution in [3.8, 4) is 16.4 Å². The summed E-state index contributed by atoms with van der Waals surface area (Å²) in [6.45, 7) is 1.81. The zero-order valence-electron chi connectivity index (χ0n) is 16.0. The number of amides is 1. The first kappa shape index (κ1) is 18.6. The number of nitrogens with one attached hydrogen (secondary N) is 1. The largest absolute Gasteiger partial charge is 0.306 e. The Kier molecular flexibility index (Phi) is 4.59. The van der Waals surface area contributed by atoms with E-state index in [-0.39, 0.29) is 5.56 Å². The number of carbonyl (C=O) groups excluding carboxylic acids is 1. The topological polar surface area (TPSA) is 85.6 Å². The lowest BCUT2D eigenvalue weighted by atomic mass is 10.1. The smallest absolute Gasteiger partial charge is 0.259 e. The van der Waals surface area contributed by atoms with Gasteiger partial charge in [0.05, 0.1) is 23.3 Å². The second-order valence-electron chi connectivity index (χ2n) is 7.20. The fraction of sp³-hybridized carbons (Fsp3) is 0.190. The number of benzene rings is 1. The molecule has 3 heterocycles. The van der Waals surface area contributed by atoms with Crippen LogP contribution in [0.4, 0.5) is 10.2 Å². The molecule has 1 amide bonds. The predicted octanol–water partition coefficient (Wildman–Crippen LogP) is 4.36. The molecular formula is C21H17FN6OS. The first-order valence-electron chi connectivity index (χ1n) is 9.48. The number of nitrogens with zero attached hydrogens (tertiary/aromatic N) is 5. The normalized spacial score (nSPS) is 13.4. The van der Waals surface area contributed by atoms with Crippen molar-refractivity contribution in [1.29, 1.82) is 0 Å². The van der Waals surface area contributed by atoms with Gasteiger partial charge in [-0.25, -0.2) is 14.4 Å². The van der Waals surface area contributed by atoms with E-state index < -0.39 is 11.7 Å². The van der Waals surface area contributed by atoms with E-state index in [9.17, 15) is 9.18 Å². The third kappa shape index (κ3) is 3.59. The molecule has 5 rings (SSSR count). The molecule has 1 aromatic carbocycles. The SMILES string of the molecule is Cc1cc(F)c(C(=O)Nc2cccc(-c3nncs3)n2)cc1-n1cnc(C2CC2)c1. The van der Waals surface area contributed by atoms with Gasteiger partial charge in [0.25, 0.3) is 5.91 Å². The molecule has 1 aliphatic carbocycles. The van der Waals surface area contributed by atoms with Gasteiger partial charge in [0.2, 0.25) is 0 Å².